The molecule has 2 aromatic carbocycles. The summed E-state index contributed by atoms with van der Waals surface area (Å²) in [5.74, 6) is -0.994. The molecule has 7 heteroatoms. The molecule has 128 valence electrons. The summed E-state index contributed by atoms with van der Waals surface area (Å²) in [6.45, 7) is 3.93. The number of carbonyl (C=O) groups excluding carboxylic acids is 2. The number of carbonyl (C=O) groups is 2. The van der Waals surface area contributed by atoms with E-state index < -0.39 is 11.8 Å². The number of nitrogens with one attached hydrogen (secondary N) is 2. The van der Waals surface area contributed by atoms with Crippen molar-refractivity contribution in [2.24, 2.45) is 5.10 Å². The van der Waals surface area contributed by atoms with Gasteiger partial charge in [0.1, 0.15) is 18.1 Å². The highest BCUT2D eigenvalue weighted by Gasteiger charge is 2.12. The molecule has 0 aromatic heterocycles. The van der Waals surface area contributed by atoms with E-state index in [4.69, 9.17) is 9.84 Å². The number of rotatable bonds is 6. The van der Waals surface area contributed by atoms with Crippen LogP contribution in [-0.4, -0.2) is 29.7 Å². The summed E-state index contributed by atoms with van der Waals surface area (Å²) in [4.78, 5) is 23.5. The van der Waals surface area contributed by atoms with E-state index >= 15 is 0 Å². The van der Waals surface area contributed by atoms with Crippen LogP contribution in [0.5, 0.6) is 11.5 Å². The number of benzene rings is 2. The number of hydrogen-bond acceptors (Lipinski definition) is 5. The Bertz CT molecular complexity index is 768. The molecule has 2 aromatic rings. The second kappa shape index (κ2) is 8.88. The van der Waals surface area contributed by atoms with Crippen molar-refractivity contribution < 1.29 is 19.4 Å². The predicted octanol–water partition coefficient (Wildman–Crippen LogP) is 2.05. The molecule has 0 aliphatic rings. The Morgan fingerprint density at radius 3 is 2.40 bits per heavy atom. The minimum Gasteiger partial charge on any atom is -0.508 e. The van der Waals surface area contributed by atoms with Gasteiger partial charge in [-0.3, -0.25) is 9.59 Å². The van der Waals surface area contributed by atoms with Gasteiger partial charge in [0.05, 0.1) is 6.21 Å². The fraction of sp³-hybridized carbons (Fsp3) is 0.0556. The first kappa shape index (κ1) is 17.7. The van der Waals surface area contributed by atoms with Gasteiger partial charge in [-0.25, -0.2) is 5.43 Å². The Kier molecular flexibility index (Phi) is 6.30. The van der Waals surface area contributed by atoms with E-state index in [1.54, 1.807) is 42.5 Å². The van der Waals surface area contributed by atoms with Gasteiger partial charge < -0.3 is 15.2 Å². The second-order valence-corrected chi connectivity index (χ2v) is 4.87. The summed E-state index contributed by atoms with van der Waals surface area (Å²) in [7, 11) is 0. The highest BCUT2D eigenvalue weighted by Crippen LogP contribution is 2.15. The summed E-state index contributed by atoms with van der Waals surface area (Å²) in [5, 5.41) is 15.3. The van der Waals surface area contributed by atoms with Crippen LogP contribution in [0.1, 0.15) is 5.56 Å². The van der Waals surface area contributed by atoms with Gasteiger partial charge in [-0.2, -0.15) is 5.10 Å². The first-order valence-corrected chi connectivity index (χ1v) is 7.35. The minimum absolute atomic E-state index is 0.126. The number of hydrogen-bond donors (Lipinski definition) is 3. The van der Waals surface area contributed by atoms with E-state index in [0.717, 1.165) is 0 Å². The molecule has 25 heavy (non-hydrogen) atoms. The van der Waals surface area contributed by atoms with Crippen molar-refractivity contribution in [2.45, 2.75) is 0 Å². The normalized spacial score (nSPS) is 10.2. The summed E-state index contributed by atoms with van der Waals surface area (Å²) in [5.41, 5.74) is 3.24. The number of phenolic OH excluding ortho intramolecular Hbond substituents is 1. The number of anilines is 1. The average molecular weight is 339 g/mol. The molecule has 0 aliphatic carbocycles. The van der Waals surface area contributed by atoms with Crippen LogP contribution >= 0.6 is 0 Å². The van der Waals surface area contributed by atoms with Crippen molar-refractivity contribution in [3.63, 3.8) is 0 Å². The predicted molar refractivity (Wildman–Crippen MR) is 94.6 cm³/mol. The highest BCUT2D eigenvalue weighted by atomic mass is 16.5. The van der Waals surface area contributed by atoms with Crippen molar-refractivity contribution in [1.82, 2.24) is 5.43 Å². The Hall–Kier alpha value is -3.61. The molecule has 0 aliphatic heterocycles. The van der Waals surface area contributed by atoms with Crippen LogP contribution in [0, 0.1) is 0 Å². The molecule has 0 saturated carbocycles. The molecule has 0 unspecified atom stereocenters. The SMILES string of the molecule is C=CCOc1ccc(NC(=O)C(=O)N/N=C/c2ccc(O)cc2)cc1. The van der Waals surface area contributed by atoms with Gasteiger partial charge in [-0.05, 0) is 54.1 Å². The Morgan fingerprint density at radius 2 is 1.76 bits per heavy atom. The van der Waals surface area contributed by atoms with Gasteiger partial charge in [-0.15, -0.1) is 0 Å². The summed E-state index contributed by atoms with van der Waals surface area (Å²) in [6, 6.07) is 12.8. The topological polar surface area (TPSA) is 100 Å². The van der Waals surface area contributed by atoms with Crippen LogP contribution in [0.3, 0.4) is 0 Å². The molecule has 0 saturated heterocycles. The number of nitrogens with zero attached hydrogens (tertiary/aromatic N) is 1. The zero-order valence-electron chi connectivity index (χ0n) is 13.3. The number of hydrazone groups is 1. The third-order valence-corrected chi connectivity index (χ3v) is 2.96. The van der Waals surface area contributed by atoms with Crippen LogP contribution in [0.4, 0.5) is 5.69 Å². The van der Waals surface area contributed by atoms with Gasteiger partial charge >= 0.3 is 11.8 Å². The standard InChI is InChI=1S/C18H17N3O4/c1-2-11-25-16-9-5-14(6-10-16)20-17(23)18(24)21-19-12-13-3-7-15(22)8-4-13/h2-10,12,22H,1,11H2,(H,20,23)(H,21,24)/b19-12+. The average Bonchev–Trinajstić information content (AvgIpc) is 2.62. The molecule has 2 rings (SSSR count). The lowest BCUT2D eigenvalue weighted by molar-refractivity contribution is -0.136. The molecule has 0 atom stereocenters. The van der Waals surface area contributed by atoms with Crippen molar-refractivity contribution in [3.8, 4) is 11.5 Å². The Balaban J connectivity index is 1.84. The number of amides is 2. The second-order valence-electron chi connectivity index (χ2n) is 4.87. The van der Waals surface area contributed by atoms with Gasteiger partial charge in [-0.1, -0.05) is 12.7 Å². The third-order valence-electron chi connectivity index (χ3n) is 2.96. The van der Waals surface area contributed by atoms with E-state index in [1.165, 1.54) is 18.3 Å². The third kappa shape index (κ3) is 5.83. The molecule has 0 heterocycles. The van der Waals surface area contributed by atoms with Crippen LogP contribution in [0.25, 0.3) is 0 Å². The molecule has 0 radical (unpaired) electrons. The maximum absolute atomic E-state index is 11.8. The summed E-state index contributed by atoms with van der Waals surface area (Å²) in [6.07, 6.45) is 2.98. The monoisotopic (exact) mass is 339 g/mol. The lowest BCUT2D eigenvalue weighted by Crippen LogP contribution is -2.32. The molecule has 2 amide bonds. The van der Waals surface area contributed by atoms with Crippen LogP contribution in [-0.2, 0) is 9.59 Å². The quantitative estimate of drug-likeness (QED) is 0.324. The first-order valence-electron chi connectivity index (χ1n) is 7.35. The molecular weight excluding hydrogens is 322 g/mol. The molecule has 0 fully saturated rings. The zero-order chi connectivity index (χ0) is 18.1. The van der Waals surface area contributed by atoms with E-state index in [2.05, 4.69) is 22.4 Å². The fourth-order valence-corrected chi connectivity index (χ4v) is 1.75. The molecule has 0 spiro atoms. The van der Waals surface area contributed by atoms with Crippen molar-refractivity contribution >= 4 is 23.7 Å². The van der Waals surface area contributed by atoms with Gasteiger partial charge in [0.2, 0.25) is 0 Å². The summed E-state index contributed by atoms with van der Waals surface area (Å²) >= 11 is 0. The Labute approximate surface area is 144 Å². The maximum atomic E-state index is 11.8. The number of phenols is 1. The summed E-state index contributed by atoms with van der Waals surface area (Å²) < 4.78 is 5.32. The fourth-order valence-electron chi connectivity index (χ4n) is 1.75. The Morgan fingerprint density at radius 1 is 1.08 bits per heavy atom. The number of ether oxygens (including phenoxy) is 1. The van der Waals surface area contributed by atoms with Gasteiger partial charge in [0.15, 0.2) is 0 Å². The van der Waals surface area contributed by atoms with Crippen molar-refractivity contribution in [2.75, 3.05) is 11.9 Å². The van der Waals surface area contributed by atoms with E-state index in [1.807, 2.05) is 0 Å². The molecule has 7 nitrogen and oxygen atoms in total. The largest absolute Gasteiger partial charge is 0.508 e. The molecular formula is C18H17N3O4. The highest BCUT2D eigenvalue weighted by molar-refractivity contribution is 6.39. The smallest absolute Gasteiger partial charge is 0.329 e. The van der Waals surface area contributed by atoms with E-state index in [9.17, 15) is 9.59 Å². The lowest BCUT2D eigenvalue weighted by atomic mass is 10.2. The lowest BCUT2D eigenvalue weighted by Gasteiger charge is -2.06. The van der Waals surface area contributed by atoms with Crippen LogP contribution in [0.15, 0.2) is 66.3 Å². The maximum Gasteiger partial charge on any atom is 0.329 e. The van der Waals surface area contributed by atoms with Crippen molar-refractivity contribution in [1.29, 1.82) is 0 Å². The zero-order valence-corrected chi connectivity index (χ0v) is 13.3. The van der Waals surface area contributed by atoms with E-state index in [-0.39, 0.29) is 5.75 Å². The first-order chi connectivity index (χ1) is 12.1. The van der Waals surface area contributed by atoms with Gasteiger partial charge in [0, 0.05) is 5.69 Å². The van der Waals surface area contributed by atoms with Crippen LogP contribution < -0.4 is 15.5 Å². The number of aromatic hydroxyl groups is 1. The molecule has 3 N–H and O–H groups in total. The minimum atomic E-state index is -0.901. The molecule has 0 bridgehead atoms. The van der Waals surface area contributed by atoms with Gasteiger partial charge in [0.25, 0.3) is 0 Å². The van der Waals surface area contributed by atoms with Crippen molar-refractivity contribution in [3.05, 3.63) is 66.7 Å². The van der Waals surface area contributed by atoms with E-state index in [0.29, 0.717) is 23.6 Å². The van der Waals surface area contributed by atoms with Crippen LogP contribution in [0.2, 0.25) is 0 Å².